The van der Waals surface area contributed by atoms with Crippen LogP contribution in [0.4, 0.5) is 17.1 Å². The first kappa shape index (κ1) is 23.1. The highest BCUT2D eigenvalue weighted by atomic mass is 35.5. The van der Waals surface area contributed by atoms with Gasteiger partial charge in [0, 0.05) is 23.2 Å². The highest BCUT2D eigenvalue weighted by molar-refractivity contribution is 7.92. The van der Waals surface area contributed by atoms with Gasteiger partial charge in [0.05, 0.1) is 16.3 Å². The number of hydrogen-bond donors (Lipinski definition) is 4. The van der Waals surface area contributed by atoms with E-state index in [4.69, 9.17) is 11.6 Å². The first-order valence-corrected chi connectivity index (χ1v) is 11.2. The fourth-order valence-electron chi connectivity index (χ4n) is 2.83. The van der Waals surface area contributed by atoms with Crippen molar-refractivity contribution in [2.24, 2.45) is 0 Å². The molecule has 0 saturated heterocycles. The second kappa shape index (κ2) is 9.29. The molecule has 0 fully saturated rings. The van der Waals surface area contributed by atoms with E-state index in [2.05, 4.69) is 15.4 Å². The molecule has 3 aromatic rings. The molecule has 0 radical (unpaired) electrons. The molecule has 4 N–H and O–H groups in total. The molecule has 0 heterocycles. The minimum Gasteiger partial charge on any atom is -0.506 e. The minimum atomic E-state index is -4.01. The third kappa shape index (κ3) is 5.57. The van der Waals surface area contributed by atoms with Crippen LogP contribution >= 0.6 is 11.6 Å². The summed E-state index contributed by atoms with van der Waals surface area (Å²) >= 11 is 5.89. The van der Waals surface area contributed by atoms with Crippen molar-refractivity contribution in [1.82, 2.24) is 0 Å². The van der Waals surface area contributed by atoms with Gasteiger partial charge in [-0.25, -0.2) is 8.42 Å². The third-order valence-electron chi connectivity index (χ3n) is 4.41. The van der Waals surface area contributed by atoms with Crippen molar-refractivity contribution in [2.45, 2.75) is 18.7 Å². The maximum atomic E-state index is 12.7. The van der Waals surface area contributed by atoms with Gasteiger partial charge >= 0.3 is 0 Å². The van der Waals surface area contributed by atoms with Crippen LogP contribution in [-0.4, -0.2) is 25.3 Å². The largest absolute Gasteiger partial charge is 0.506 e. The quantitative estimate of drug-likeness (QED) is 0.396. The summed E-state index contributed by atoms with van der Waals surface area (Å²) in [4.78, 5) is 23.9. The van der Waals surface area contributed by atoms with Crippen molar-refractivity contribution in [2.75, 3.05) is 15.4 Å². The molecular formula is C22H20ClN3O5S. The van der Waals surface area contributed by atoms with E-state index in [9.17, 15) is 23.1 Å². The highest BCUT2D eigenvalue weighted by Gasteiger charge is 2.18. The van der Waals surface area contributed by atoms with E-state index in [-0.39, 0.29) is 33.5 Å². The maximum absolute atomic E-state index is 12.7. The molecule has 10 heteroatoms. The Morgan fingerprint density at radius 3 is 2.38 bits per heavy atom. The number of phenols is 1. The number of hydrogen-bond acceptors (Lipinski definition) is 5. The number of rotatable bonds is 6. The number of phenolic OH excluding ortho intramolecular Hbond substituents is 1. The van der Waals surface area contributed by atoms with Crippen LogP contribution in [0.5, 0.6) is 5.75 Å². The van der Waals surface area contributed by atoms with E-state index in [0.29, 0.717) is 10.7 Å². The Bertz CT molecular complexity index is 1310. The van der Waals surface area contributed by atoms with Crippen LogP contribution in [0.3, 0.4) is 0 Å². The number of anilines is 3. The molecule has 0 aromatic heterocycles. The lowest BCUT2D eigenvalue weighted by Gasteiger charge is -2.13. The van der Waals surface area contributed by atoms with Gasteiger partial charge in [-0.05, 0) is 61.0 Å². The number of carbonyl (C=O) groups is 2. The zero-order valence-corrected chi connectivity index (χ0v) is 18.7. The molecule has 0 unspecified atom stereocenters. The zero-order valence-electron chi connectivity index (χ0n) is 17.1. The van der Waals surface area contributed by atoms with Crippen LogP contribution in [0.15, 0.2) is 65.6 Å². The Balaban J connectivity index is 1.86. The summed E-state index contributed by atoms with van der Waals surface area (Å²) in [6, 6.07) is 14.4. The van der Waals surface area contributed by atoms with Crippen LogP contribution in [0.2, 0.25) is 5.02 Å². The van der Waals surface area contributed by atoms with E-state index in [1.165, 1.54) is 37.3 Å². The molecule has 166 valence electrons. The number of sulfonamides is 1. The highest BCUT2D eigenvalue weighted by Crippen LogP contribution is 2.29. The molecule has 3 rings (SSSR count). The lowest BCUT2D eigenvalue weighted by molar-refractivity contribution is -0.114. The topological polar surface area (TPSA) is 125 Å². The molecule has 2 amide bonds. The summed E-state index contributed by atoms with van der Waals surface area (Å²) in [7, 11) is -4.01. The van der Waals surface area contributed by atoms with E-state index in [1.54, 1.807) is 31.2 Å². The average molecular weight is 474 g/mol. The molecule has 3 aromatic carbocycles. The summed E-state index contributed by atoms with van der Waals surface area (Å²) in [6.45, 7) is 3.13. The monoisotopic (exact) mass is 473 g/mol. The lowest BCUT2D eigenvalue weighted by Crippen LogP contribution is -2.16. The summed E-state index contributed by atoms with van der Waals surface area (Å²) in [6.07, 6.45) is 0. The number of aromatic hydroxyl groups is 1. The second-order valence-electron chi connectivity index (χ2n) is 6.96. The first-order valence-electron chi connectivity index (χ1n) is 9.36. The molecule has 0 aliphatic carbocycles. The van der Waals surface area contributed by atoms with Crippen LogP contribution in [0.1, 0.15) is 22.8 Å². The van der Waals surface area contributed by atoms with Gasteiger partial charge in [-0.1, -0.05) is 23.7 Å². The predicted molar refractivity (Wildman–Crippen MR) is 124 cm³/mol. The van der Waals surface area contributed by atoms with Crippen LogP contribution < -0.4 is 15.4 Å². The maximum Gasteiger partial charge on any atom is 0.261 e. The number of nitrogens with one attached hydrogen (secondary N) is 3. The van der Waals surface area contributed by atoms with E-state index in [0.717, 1.165) is 11.6 Å². The Morgan fingerprint density at radius 2 is 1.69 bits per heavy atom. The van der Waals surface area contributed by atoms with E-state index < -0.39 is 15.9 Å². The molecule has 0 aliphatic heterocycles. The van der Waals surface area contributed by atoms with Crippen LogP contribution in [0.25, 0.3) is 0 Å². The number of amides is 2. The molecule has 0 atom stereocenters. The summed E-state index contributed by atoms with van der Waals surface area (Å²) in [5.74, 6) is -1.19. The Morgan fingerprint density at radius 1 is 0.938 bits per heavy atom. The van der Waals surface area contributed by atoms with Gasteiger partial charge in [0.15, 0.2) is 0 Å². The van der Waals surface area contributed by atoms with Gasteiger partial charge in [0.25, 0.3) is 15.9 Å². The third-order valence-corrected chi connectivity index (χ3v) is 6.03. The van der Waals surface area contributed by atoms with Crippen molar-refractivity contribution >= 4 is 50.5 Å². The molecule has 0 spiro atoms. The Kier molecular flexibility index (Phi) is 6.71. The van der Waals surface area contributed by atoms with Crippen molar-refractivity contribution in [3.05, 3.63) is 76.8 Å². The minimum absolute atomic E-state index is 0.0920. The molecular weight excluding hydrogens is 454 g/mol. The summed E-state index contributed by atoms with van der Waals surface area (Å²) in [5, 5.41) is 15.6. The van der Waals surface area contributed by atoms with Gasteiger partial charge in [-0.3, -0.25) is 14.3 Å². The molecule has 0 aliphatic rings. The van der Waals surface area contributed by atoms with E-state index >= 15 is 0 Å². The fraction of sp³-hybridized carbons (Fsp3) is 0.0909. The van der Waals surface area contributed by atoms with Crippen molar-refractivity contribution in [3.8, 4) is 5.75 Å². The molecule has 32 heavy (non-hydrogen) atoms. The average Bonchev–Trinajstić information content (AvgIpc) is 2.70. The smallest absolute Gasteiger partial charge is 0.261 e. The zero-order chi connectivity index (χ0) is 23.5. The van der Waals surface area contributed by atoms with Gasteiger partial charge < -0.3 is 15.7 Å². The molecule has 0 saturated carbocycles. The standard InChI is InChI=1S/C22H20ClN3O5S/c1-13-6-7-15(10-19(13)24-14(2)27)22(29)25-20-12-18(8-9-21(20)28)32(30,31)26-17-5-3-4-16(23)11-17/h3-12,26,28H,1-2H3,(H,24,27)(H,25,29). The van der Waals surface area contributed by atoms with E-state index in [1.807, 2.05) is 0 Å². The van der Waals surface area contributed by atoms with Gasteiger partial charge in [0.2, 0.25) is 5.91 Å². The van der Waals surface area contributed by atoms with Gasteiger partial charge in [-0.2, -0.15) is 0 Å². The number of aryl methyl sites for hydroxylation is 1. The summed E-state index contributed by atoms with van der Waals surface area (Å²) in [5.41, 5.74) is 1.62. The van der Waals surface area contributed by atoms with Crippen LogP contribution in [0, 0.1) is 6.92 Å². The SMILES string of the molecule is CC(=O)Nc1cc(C(=O)Nc2cc(S(=O)(=O)Nc3cccc(Cl)c3)ccc2O)ccc1C. The molecule has 8 nitrogen and oxygen atoms in total. The van der Waals surface area contributed by atoms with Crippen molar-refractivity contribution in [3.63, 3.8) is 0 Å². The Hall–Kier alpha value is -3.56. The number of benzene rings is 3. The van der Waals surface area contributed by atoms with Crippen molar-refractivity contribution in [1.29, 1.82) is 0 Å². The number of carbonyl (C=O) groups excluding carboxylic acids is 2. The van der Waals surface area contributed by atoms with Gasteiger partial charge in [0.1, 0.15) is 5.75 Å². The normalized spacial score (nSPS) is 11.0. The first-order chi connectivity index (χ1) is 15.0. The van der Waals surface area contributed by atoms with Crippen LogP contribution in [-0.2, 0) is 14.8 Å². The predicted octanol–water partition coefficient (Wildman–Crippen LogP) is 4.37. The second-order valence-corrected chi connectivity index (χ2v) is 9.08. The van der Waals surface area contributed by atoms with Crippen molar-refractivity contribution < 1.29 is 23.1 Å². The Labute approximate surface area is 190 Å². The van der Waals surface area contributed by atoms with Gasteiger partial charge in [-0.15, -0.1) is 0 Å². The summed E-state index contributed by atoms with van der Waals surface area (Å²) < 4.78 is 27.8. The number of halogens is 1. The lowest BCUT2D eigenvalue weighted by atomic mass is 10.1. The molecule has 0 bridgehead atoms. The fourth-order valence-corrected chi connectivity index (χ4v) is 4.10.